The number of sulfonamides is 1. The van der Waals surface area contributed by atoms with Gasteiger partial charge in [0.15, 0.2) is 0 Å². The van der Waals surface area contributed by atoms with Crippen LogP contribution in [0.25, 0.3) is 0 Å². The number of amides is 2. The number of nitrogens with one attached hydrogen (secondary N) is 1. The Hall–Kier alpha value is -2.36. The van der Waals surface area contributed by atoms with E-state index < -0.39 is 21.8 Å². The van der Waals surface area contributed by atoms with Gasteiger partial charge in [-0.3, -0.25) is 9.59 Å². The van der Waals surface area contributed by atoms with Crippen molar-refractivity contribution >= 4 is 39.3 Å². The smallest absolute Gasteiger partial charge is 0.255 e. The molecule has 2 amide bonds. The molecule has 0 radical (unpaired) electrons. The molecule has 0 spiro atoms. The van der Waals surface area contributed by atoms with Crippen LogP contribution < -0.4 is 11.1 Å². The van der Waals surface area contributed by atoms with Gasteiger partial charge >= 0.3 is 0 Å². The molecule has 3 rings (SSSR count). The van der Waals surface area contributed by atoms with Crippen LogP contribution in [0.1, 0.15) is 23.2 Å². The van der Waals surface area contributed by atoms with E-state index in [2.05, 4.69) is 5.32 Å². The number of thioether (sulfide) groups is 1. The first-order chi connectivity index (χ1) is 13.4. The minimum absolute atomic E-state index is 0.0937. The first-order valence-corrected chi connectivity index (χ1v) is 11.2. The van der Waals surface area contributed by atoms with E-state index >= 15 is 0 Å². The summed E-state index contributed by atoms with van der Waals surface area (Å²) < 4.78 is 26.9. The molecule has 1 fully saturated rings. The highest BCUT2D eigenvalue weighted by Crippen LogP contribution is 2.27. The molecule has 3 N–H and O–H groups in total. The summed E-state index contributed by atoms with van der Waals surface area (Å²) in [5, 5.41) is 2.78. The number of carbonyl (C=O) groups excluding carboxylic acids is 2. The van der Waals surface area contributed by atoms with E-state index in [0.717, 1.165) is 12.8 Å². The van der Waals surface area contributed by atoms with Crippen molar-refractivity contribution in [3.05, 3.63) is 54.1 Å². The second-order valence-electron chi connectivity index (χ2n) is 6.34. The van der Waals surface area contributed by atoms with Crippen LogP contribution in [0.3, 0.4) is 0 Å². The number of nitrogens with zero attached hydrogens (tertiary/aromatic N) is 1. The minimum Gasteiger partial charge on any atom is -0.369 e. The van der Waals surface area contributed by atoms with Gasteiger partial charge in [0, 0.05) is 23.5 Å². The van der Waals surface area contributed by atoms with Crippen LogP contribution in [0.2, 0.25) is 0 Å². The lowest BCUT2D eigenvalue weighted by molar-refractivity contribution is -0.115. The van der Waals surface area contributed by atoms with Crippen LogP contribution in [0.15, 0.2) is 58.3 Å². The topological polar surface area (TPSA) is 110 Å². The van der Waals surface area contributed by atoms with Crippen molar-refractivity contribution in [2.24, 2.45) is 5.73 Å². The van der Waals surface area contributed by atoms with Crippen molar-refractivity contribution in [1.82, 2.24) is 4.31 Å². The quantitative estimate of drug-likeness (QED) is 0.669. The number of anilines is 1. The van der Waals surface area contributed by atoms with Gasteiger partial charge in [0.05, 0.1) is 16.3 Å². The SMILES string of the molecule is NC(=O)CSc1ccccc1NC(=O)c1cccc(S(=O)(=O)N2CCCC2)c1. The van der Waals surface area contributed by atoms with Crippen LogP contribution in [-0.4, -0.2) is 43.4 Å². The molecule has 0 saturated carbocycles. The van der Waals surface area contributed by atoms with Gasteiger partial charge < -0.3 is 11.1 Å². The van der Waals surface area contributed by atoms with E-state index in [9.17, 15) is 18.0 Å². The van der Waals surface area contributed by atoms with E-state index in [1.807, 2.05) is 0 Å². The third-order valence-electron chi connectivity index (χ3n) is 4.30. The van der Waals surface area contributed by atoms with Crippen molar-refractivity contribution in [1.29, 1.82) is 0 Å². The van der Waals surface area contributed by atoms with E-state index in [4.69, 9.17) is 5.73 Å². The molecule has 148 valence electrons. The summed E-state index contributed by atoms with van der Waals surface area (Å²) in [6.45, 7) is 1.01. The summed E-state index contributed by atoms with van der Waals surface area (Å²) in [4.78, 5) is 24.5. The Balaban J connectivity index is 1.80. The molecule has 0 atom stereocenters. The summed E-state index contributed by atoms with van der Waals surface area (Å²) in [5.41, 5.74) is 5.96. The lowest BCUT2D eigenvalue weighted by Gasteiger charge is -2.16. The number of hydrogen-bond acceptors (Lipinski definition) is 5. The van der Waals surface area contributed by atoms with Gasteiger partial charge in [0.2, 0.25) is 15.9 Å². The molecule has 0 aliphatic carbocycles. The zero-order valence-electron chi connectivity index (χ0n) is 15.1. The Morgan fingerprint density at radius 3 is 2.50 bits per heavy atom. The number of carbonyl (C=O) groups is 2. The van der Waals surface area contributed by atoms with Crippen LogP contribution in [0, 0.1) is 0 Å². The fourth-order valence-corrected chi connectivity index (χ4v) is 5.23. The highest BCUT2D eigenvalue weighted by molar-refractivity contribution is 8.00. The fraction of sp³-hybridized carbons (Fsp3) is 0.263. The number of nitrogens with two attached hydrogens (primary N) is 1. The van der Waals surface area contributed by atoms with Gasteiger partial charge in [-0.05, 0) is 43.2 Å². The standard InChI is InChI=1S/C19H21N3O4S2/c20-18(23)13-27-17-9-2-1-8-16(17)21-19(24)14-6-5-7-15(12-14)28(25,26)22-10-3-4-11-22/h1-2,5-9,12H,3-4,10-11,13H2,(H2,20,23)(H,21,24). The highest BCUT2D eigenvalue weighted by Gasteiger charge is 2.27. The number of benzene rings is 2. The summed E-state index contributed by atoms with van der Waals surface area (Å²) >= 11 is 1.22. The van der Waals surface area contributed by atoms with E-state index in [1.54, 1.807) is 36.4 Å². The van der Waals surface area contributed by atoms with E-state index in [1.165, 1.54) is 28.2 Å². The van der Waals surface area contributed by atoms with Gasteiger partial charge in [-0.2, -0.15) is 4.31 Å². The maximum Gasteiger partial charge on any atom is 0.255 e. The van der Waals surface area contributed by atoms with Gasteiger partial charge in [0.25, 0.3) is 5.91 Å². The molecule has 0 unspecified atom stereocenters. The number of rotatable bonds is 7. The predicted octanol–water partition coefficient (Wildman–Crippen LogP) is 2.30. The maximum atomic E-state index is 12.7. The van der Waals surface area contributed by atoms with Crippen LogP contribution in [0.5, 0.6) is 0 Å². The molecule has 28 heavy (non-hydrogen) atoms. The molecular formula is C19H21N3O4S2. The van der Waals surface area contributed by atoms with Crippen molar-refractivity contribution in [2.45, 2.75) is 22.6 Å². The zero-order chi connectivity index (χ0) is 20.1. The third kappa shape index (κ3) is 4.73. The Morgan fingerprint density at radius 1 is 1.07 bits per heavy atom. The monoisotopic (exact) mass is 419 g/mol. The lowest BCUT2D eigenvalue weighted by Crippen LogP contribution is -2.28. The Morgan fingerprint density at radius 2 is 1.79 bits per heavy atom. The number of para-hydroxylation sites is 1. The third-order valence-corrected chi connectivity index (χ3v) is 7.29. The molecule has 0 aromatic heterocycles. The zero-order valence-corrected chi connectivity index (χ0v) is 16.8. The van der Waals surface area contributed by atoms with Crippen LogP contribution >= 0.6 is 11.8 Å². The minimum atomic E-state index is -3.60. The molecule has 2 aromatic rings. The molecule has 1 aliphatic heterocycles. The van der Waals surface area contributed by atoms with Gasteiger partial charge in [-0.1, -0.05) is 18.2 Å². The first kappa shape index (κ1) is 20.4. The normalized spacial score (nSPS) is 14.7. The highest BCUT2D eigenvalue weighted by atomic mass is 32.2. The number of hydrogen-bond donors (Lipinski definition) is 2. The maximum absolute atomic E-state index is 12.7. The van der Waals surface area contributed by atoms with E-state index in [-0.39, 0.29) is 16.2 Å². The van der Waals surface area contributed by atoms with Crippen molar-refractivity contribution in [3.8, 4) is 0 Å². The predicted molar refractivity (Wildman–Crippen MR) is 109 cm³/mol. The van der Waals surface area contributed by atoms with Gasteiger partial charge in [0.1, 0.15) is 0 Å². The van der Waals surface area contributed by atoms with Crippen LogP contribution in [-0.2, 0) is 14.8 Å². The second-order valence-corrected chi connectivity index (χ2v) is 9.30. The van der Waals surface area contributed by atoms with Crippen molar-refractivity contribution < 1.29 is 18.0 Å². The summed E-state index contributed by atoms with van der Waals surface area (Å²) in [6, 6.07) is 13.1. The number of primary amides is 1. The molecule has 2 aromatic carbocycles. The molecular weight excluding hydrogens is 398 g/mol. The average molecular weight is 420 g/mol. The van der Waals surface area contributed by atoms with Crippen molar-refractivity contribution in [2.75, 3.05) is 24.2 Å². The summed E-state index contributed by atoms with van der Waals surface area (Å²) in [6.07, 6.45) is 1.69. The molecule has 9 heteroatoms. The molecule has 1 heterocycles. The molecule has 0 bridgehead atoms. The Labute approximate surface area is 168 Å². The second kappa shape index (κ2) is 8.76. The molecule has 7 nitrogen and oxygen atoms in total. The van der Waals surface area contributed by atoms with Gasteiger partial charge in [-0.25, -0.2) is 8.42 Å². The summed E-state index contributed by atoms with van der Waals surface area (Å²) in [5.74, 6) is -0.784. The Bertz CT molecular complexity index is 986. The molecule has 1 aliphatic rings. The lowest BCUT2D eigenvalue weighted by atomic mass is 10.2. The van der Waals surface area contributed by atoms with Crippen LogP contribution in [0.4, 0.5) is 5.69 Å². The average Bonchev–Trinajstić information content (AvgIpc) is 3.23. The van der Waals surface area contributed by atoms with Gasteiger partial charge in [-0.15, -0.1) is 11.8 Å². The van der Waals surface area contributed by atoms with Crippen molar-refractivity contribution in [3.63, 3.8) is 0 Å². The first-order valence-electron chi connectivity index (χ1n) is 8.79. The van der Waals surface area contributed by atoms with E-state index in [0.29, 0.717) is 23.7 Å². The summed E-state index contributed by atoms with van der Waals surface area (Å²) in [7, 11) is -3.60. The molecule has 1 saturated heterocycles. The fourth-order valence-electron chi connectivity index (χ4n) is 2.91. The Kier molecular flexibility index (Phi) is 6.38. The largest absolute Gasteiger partial charge is 0.369 e.